The van der Waals surface area contributed by atoms with Gasteiger partial charge in [-0.1, -0.05) is 25.5 Å². The molecule has 0 rings (SSSR count). The van der Waals surface area contributed by atoms with Crippen molar-refractivity contribution in [3.63, 3.8) is 0 Å². The SMILES string of the molecule is COC(=O)/C(C)=C/C(C)=C\CNC(C)CC(C)C. The van der Waals surface area contributed by atoms with Crippen LogP contribution in [0.15, 0.2) is 23.3 Å². The largest absolute Gasteiger partial charge is 0.466 e. The topological polar surface area (TPSA) is 38.3 Å². The fraction of sp³-hybridized carbons (Fsp3) is 0.667. The van der Waals surface area contributed by atoms with Crippen LogP contribution in [0.4, 0.5) is 0 Å². The highest BCUT2D eigenvalue weighted by atomic mass is 16.5. The third kappa shape index (κ3) is 8.07. The second-order valence-electron chi connectivity index (χ2n) is 5.21. The molecule has 1 atom stereocenters. The molecule has 0 aliphatic rings. The van der Waals surface area contributed by atoms with E-state index in [1.54, 1.807) is 6.92 Å². The number of carbonyl (C=O) groups excluding carboxylic acids is 1. The van der Waals surface area contributed by atoms with Crippen LogP contribution in [-0.4, -0.2) is 25.7 Å². The van der Waals surface area contributed by atoms with Gasteiger partial charge in [-0.25, -0.2) is 4.79 Å². The average Bonchev–Trinajstić information content (AvgIpc) is 2.26. The molecule has 18 heavy (non-hydrogen) atoms. The van der Waals surface area contributed by atoms with Crippen molar-refractivity contribution in [1.82, 2.24) is 5.32 Å². The van der Waals surface area contributed by atoms with Crippen LogP contribution in [0.2, 0.25) is 0 Å². The average molecular weight is 253 g/mol. The molecule has 0 saturated carbocycles. The van der Waals surface area contributed by atoms with Crippen LogP contribution in [0.5, 0.6) is 0 Å². The van der Waals surface area contributed by atoms with Crippen molar-refractivity contribution in [3.8, 4) is 0 Å². The summed E-state index contributed by atoms with van der Waals surface area (Å²) in [6.45, 7) is 11.2. The molecular weight excluding hydrogens is 226 g/mol. The molecule has 0 radical (unpaired) electrons. The second-order valence-corrected chi connectivity index (χ2v) is 5.21. The fourth-order valence-electron chi connectivity index (χ4n) is 1.83. The third-order valence-corrected chi connectivity index (χ3v) is 2.67. The Hall–Kier alpha value is -1.09. The van der Waals surface area contributed by atoms with Gasteiger partial charge in [0.05, 0.1) is 7.11 Å². The number of ether oxygens (including phenoxy) is 1. The van der Waals surface area contributed by atoms with Crippen LogP contribution < -0.4 is 5.32 Å². The van der Waals surface area contributed by atoms with Crippen LogP contribution in [0, 0.1) is 5.92 Å². The van der Waals surface area contributed by atoms with Crippen LogP contribution in [0.25, 0.3) is 0 Å². The normalized spacial score (nSPS) is 14.8. The van der Waals surface area contributed by atoms with E-state index in [0.717, 1.165) is 12.1 Å². The zero-order valence-electron chi connectivity index (χ0n) is 12.5. The molecule has 0 saturated heterocycles. The van der Waals surface area contributed by atoms with Crippen LogP contribution in [0.3, 0.4) is 0 Å². The number of nitrogens with one attached hydrogen (secondary N) is 1. The van der Waals surface area contributed by atoms with Gasteiger partial charge >= 0.3 is 5.97 Å². The first kappa shape index (κ1) is 16.9. The minimum atomic E-state index is -0.274. The fourth-order valence-corrected chi connectivity index (χ4v) is 1.83. The van der Waals surface area contributed by atoms with Gasteiger partial charge in [0.1, 0.15) is 0 Å². The van der Waals surface area contributed by atoms with Crippen LogP contribution in [-0.2, 0) is 9.53 Å². The Morgan fingerprint density at radius 1 is 1.28 bits per heavy atom. The van der Waals surface area contributed by atoms with Gasteiger partial charge in [0, 0.05) is 18.2 Å². The molecule has 3 nitrogen and oxygen atoms in total. The maximum atomic E-state index is 11.2. The third-order valence-electron chi connectivity index (χ3n) is 2.67. The summed E-state index contributed by atoms with van der Waals surface area (Å²) in [4.78, 5) is 11.2. The monoisotopic (exact) mass is 253 g/mol. The lowest BCUT2D eigenvalue weighted by Crippen LogP contribution is -2.27. The van der Waals surface area contributed by atoms with E-state index in [2.05, 4.69) is 36.9 Å². The number of rotatable bonds is 7. The van der Waals surface area contributed by atoms with Gasteiger partial charge < -0.3 is 10.1 Å². The van der Waals surface area contributed by atoms with Gasteiger partial charge in [-0.3, -0.25) is 0 Å². The van der Waals surface area contributed by atoms with Crippen molar-refractivity contribution >= 4 is 5.97 Å². The molecule has 0 aromatic carbocycles. The first-order valence-corrected chi connectivity index (χ1v) is 6.53. The minimum absolute atomic E-state index is 0.274. The lowest BCUT2D eigenvalue weighted by Gasteiger charge is -2.14. The molecule has 1 unspecified atom stereocenters. The maximum Gasteiger partial charge on any atom is 0.333 e. The van der Waals surface area contributed by atoms with E-state index in [9.17, 15) is 4.79 Å². The Balaban J connectivity index is 4.16. The van der Waals surface area contributed by atoms with Crippen LogP contribution in [0.1, 0.15) is 41.0 Å². The Bertz CT molecular complexity index is 316. The highest BCUT2D eigenvalue weighted by Gasteiger charge is 2.03. The van der Waals surface area contributed by atoms with Gasteiger partial charge in [-0.15, -0.1) is 0 Å². The molecule has 0 aliphatic carbocycles. The highest BCUT2D eigenvalue weighted by Crippen LogP contribution is 2.05. The zero-order chi connectivity index (χ0) is 14.1. The van der Waals surface area contributed by atoms with Crippen molar-refractivity contribution in [2.75, 3.05) is 13.7 Å². The predicted octanol–water partition coefficient (Wildman–Crippen LogP) is 3.08. The summed E-state index contributed by atoms with van der Waals surface area (Å²) in [5, 5.41) is 3.44. The van der Waals surface area contributed by atoms with E-state index in [1.165, 1.54) is 13.5 Å². The molecule has 0 fully saturated rings. The molecule has 0 aromatic heterocycles. The molecule has 0 aromatic rings. The molecule has 1 N–H and O–H groups in total. The highest BCUT2D eigenvalue weighted by molar-refractivity contribution is 5.88. The summed E-state index contributed by atoms with van der Waals surface area (Å²) in [5.74, 6) is 0.433. The Morgan fingerprint density at radius 2 is 1.89 bits per heavy atom. The first-order valence-electron chi connectivity index (χ1n) is 6.53. The molecule has 0 amide bonds. The smallest absolute Gasteiger partial charge is 0.333 e. The molecule has 104 valence electrons. The first-order chi connectivity index (χ1) is 8.36. The summed E-state index contributed by atoms with van der Waals surface area (Å²) in [6.07, 6.45) is 5.10. The number of methoxy groups -OCH3 is 1. The van der Waals surface area contributed by atoms with Gasteiger partial charge in [0.25, 0.3) is 0 Å². The predicted molar refractivity (Wildman–Crippen MR) is 76.4 cm³/mol. The minimum Gasteiger partial charge on any atom is -0.466 e. The number of hydrogen-bond donors (Lipinski definition) is 1. The molecular formula is C15H27NO2. The van der Waals surface area contributed by atoms with Crippen molar-refractivity contribution in [2.45, 2.75) is 47.1 Å². The van der Waals surface area contributed by atoms with E-state index in [4.69, 9.17) is 0 Å². The summed E-state index contributed by atoms with van der Waals surface area (Å²) in [5.41, 5.74) is 1.70. The number of carbonyl (C=O) groups is 1. The van der Waals surface area contributed by atoms with E-state index >= 15 is 0 Å². The van der Waals surface area contributed by atoms with Crippen LogP contribution >= 0.6 is 0 Å². The zero-order valence-corrected chi connectivity index (χ0v) is 12.5. The Labute approximate surface area is 111 Å². The van der Waals surface area contributed by atoms with Gasteiger partial charge in [-0.2, -0.15) is 0 Å². The van der Waals surface area contributed by atoms with E-state index in [-0.39, 0.29) is 5.97 Å². The van der Waals surface area contributed by atoms with Crippen molar-refractivity contribution < 1.29 is 9.53 Å². The Kier molecular flexibility index (Phi) is 8.38. The molecule has 0 bridgehead atoms. The Morgan fingerprint density at radius 3 is 2.39 bits per heavy atom. The van der Waals surface area contributed by atoms with Gasteiger partial charge in [0.15, 0.2) is 0 Å². The number of allylic oxidation sites excluding steroid dienone is 2. The summed E-state index contributed by atoms with van der Waals surface area (Å²) in [6, 6.07) is 0.514. The van der Waals surface area contributed by atoms with Crippen molar-refractivity contribution in [3.05, 3.63) is 23.3 Å². The quantitative estimate of drug-likeness (QED) is 0.430. The maximum absolute atomic E-state index is 11.2. The number of esters is 1. The number of hydrogen-bond acceptors (Lipinski definition) is 3. The summed E-state index contributed by atoms with van der Waals surface area (Å²) >= 11 is 0. The standard InChI is InChI=1S/C15H27NO2/c1-11(2)9-14(5)16-8-7-12(3)10-13(4)15(17)18-6/h7,10-11,14,16H,8-9H2,1-6H3/b12-7-,13-10+. The molecule has 0 aliphatic heterocycles. The van der Waals surface area contributed by atoms with Crippen molar-refractivity contribution in [1.29, 1.82) is 0 Å². The van der Waals surface area contributed by atoms with Gasteiger partial charge in [0.2, 0.25) is 0 Å². The lowest BCUT2D eigenvalue weighted by atomic mass is 10.1. The van der Waals surface area contributed by atoms with E-state index in [0.29, 0.717) is 17.5 Å². The summed E-state index contributed by atoms with van der Waals surface area (Å²) in [7, 11) is 1.40. The van der Waals surface area contributed by atoms with Crippen molar-refractivity contribution in [2.24, 2.45) is 5.92 Å². The lowest BCUT2D eigenvalue weighted by molar-refractivity contribution is -0.136. The molecule has 0 heterocycles. The van der Waals surface area contributed by atoms with E-state index in [1.807, 2.05) is 13.0 Å². The summed E-state index contributed by atoms with van der Waals surface area (Å²) < 4.78 is 4.65. The second kappa shape index (κ2) is 8.92. The molecule has 3 heteroatoms. The van der Waals surface area contributed by atoms with E-state index < -0.39 is 0 Å². The van der Waals surface area contributed by atoms with Gasteiger partial charge in [-0.05, 0) is 39.2 Å². The molecule has 0 spiro atoms.